The first-order valence-corrected chi connectivity index (χ1v) is 10.4. The van der Waals surface area contributed by atoms with Gasteiger partial charge in [-0.05, 0) is 43.9 Å². The van der Waals surface area contributed by atoms with Crippen LogP contribution in [0, 0.1) is 0 Å². The third kappa shape index (κ3) is 3.44. The Kier molecular flexibility index (Phi) is 4.63. The van der Waals surface area contributed by atoms with E-state index in [0.717, 1.165) is 81.1 Å². The van der Waals surface area contributed by atoms with E-state index in [1.807, 2.05) is 6.07 Å². The number of aromatic amines is 1. The lowest BCUT2D eigenvalue weighted by Crippen LogP contribution is -2.58. The van der Waals surface area contributed by atoms with Gasteiger partial charge in [0.2, 0.25) is 11.9 Å². The number of H-pyrrole nitrogens is 1. The van der Waals surface area contributed by atoms with Crippen molar-refractivity contribution in [2.45, 2.75) is 44.3 Å². The zero-order valence-electron chi connectivity index (χ0n) is 16.6. The second-order valence-electron chi connectivity index (χ2n) is 8.09. The number of hydrogen-bond donors (Lipinski definition) is 3. The highest BCUT2D eigenvalue weighted by Crippen LogP contribution is 2.40. The van der Waals surface area contributed by atoms with Crippen LogP contribution in [0.1, 0.15) is 37.9 Å². The predicted molar refractivity (Wildman–Crippen MR) is 114 cm³/mol. The summed E-state index contributed by atoms with van der Waals surface area (Å²) in [5, 5.41) is 0. The number of anilines is 1. The molecule has 9 heteroatoms. The van der Waals surface area contributed by atoms with Crippen LogP contribution < -0.4 is 16.4 Å². The van der Waals surface area contributed by atoms with Crippen LogP contribution in [0.15, 0.2) is 28.2 Å². The summed E-state index contributed by atoms with van der Waals surface area (Å²) in [6.07, 6.45) is 5.28. The molecule has 1 aliphatic carbocycles. The van der Waals surface area contributed by atoms with Crippen molar-refractivity contribution in [2.75, 3.05) is 31.2 Å². The number of ether oxygens (including phenoxy) is 1. The molecule has 0 radical (unpaired) electrons. The average Bonchev–Trinajstić information content (AvgIpc) is 3.10. The number of hydrogen-bond acceptors (Lipinski definition) is 8. The van der Waals surface area contributed by atoms with Crippen LogP contribution in [-0.2, 0) is 11.3 Å². The maximum atomic E-state index is 6.35. The Bertz CT molecular complexity index is 953. The number of nitrogens with one attached hydrogen (secondary N) is 1. The van der Waals surface area contributed by atoms with Crippen LogP contribution in [0.3, 0.4) is 0 Å². The molecule has 2 aromatic rings. The molecule has 1 saturated carbocycles. The van der Waals surface area contributed by atoms with Crippen molar-refractivity contribution in [1.82, 2.24) is 14.9 Å². The molecule has 2 aliphatic heterocycles. The van der Waals surface area contributed by atoms with Gasteiger partial charge in [-0.15, -0.1) is 0 Å². The van der Waals surface area contributed by atoms with Crippen LogP contribution in [0.5, 0.6) is 0 Å². The summed E-state index contributed by atoms with van der Waals surface area (Å²) in [6.45, 7) is 4.23. The number of aliphatic imine (C=N–C) groups is 2. The molecule has 0 bridgehead atoms. The fourth-order valence-electron chi connectivity index (χ4n) is 4.73. The van der Waals surface area contributed by atoms with Crippen molar-refractivity contribution in [3.8, 4) is 0 Å². The summed E-state index contributed by atoms with van der Waals surface area (Å²) in [5.74, 6) is 1.65. The topological polar surface area (TPSA) is 121 Å². The van der Waals surface area contributed by atoms with Crippen LogP contribution in [-0.4, -0.2) is 58.8 Å². The third-order valence-electron chi connectivity index (χ3n) is 6.10. The maximum Gasteiger partial charge on any atom is 0.220 e. The molecule has 1 saturated heterocycles. The van der Waals surface area contributed by atoms with Crippen LogP contribution >= 0.6 is 0 Å². The minimum absolute atomic E-state index is 0.274. The minimum atomic E-state index is -0.432. The molecule has 5 N–H and O–H groups in total. The minimum Gasteiger partial charge on any atom is -0.379 e. The number of rotatable bonds is 3. The van der Waals surface area contributed by atoms with Crippen LogP contribution in [0.4, 0.5) is 5.69 Å². The number of aromatic nitrogens is 2. The largest absolute Gasteiger partial charge is 0.379 e. The van der Waals surface area contributed by atoms with E-state index in [2.05, 4.69) is 31.9 Å². The summed E-state index contributed by atoms with van der Waals surface area (Å²) in [4.78, 5) is 21.7. The number of morpholine rings is 1. The molecule has 5 rings (SSSR count). The smallest absolute Gasteiger partial charge is 0.220 e. The first-order valence-electron chi connectivity index (χ1n) is 10.4. The standard InChI is InChI=1S/C20H28N8O/c21-18-25-19(22)28(20(26-18)6-2-1-3-7-20)14-4-5-15-16(12-14)24-17(23-15)13-27-8-10-29-11-9-27/h4-5,12H,1-3,6-11,13H2,(H,23,24)(H4,21,22,25,26). The van der Waals surface area contributed by atoms with Crippen molar-refractivity contribution in [2.24, 2.45) is 21.5 Å². The number of imidazole rings is 1. The quantitative estimate of drug-likeness (QED) is 0.723. The number of guanidine groups is 2. The Morgan fingerprint density at radius 1 is 1.10 bits per heavy atom. The first-order chi connectivity index (χ1) is 14.1. The third-order valence-corrected chi connectivity index (χ3v) is 6.10. The van der Waals surface area contributed by atoms with Gasteiger partial charge in [0.15, 0.2) is 0 Å². The Labute approximate surface area is 169 Å². The van der Waals surface area contributed by atoms with Gasteiger partial charge < -0.3 is 21.2 Å². The van der Waals surface area contributed by atoms with Gasteiger partial charge in [-0.3, -0.25) is 9.80 Å². The molecule has 1 spiro atoms. The number of fused-ring (bicyclic) bond motifs is 1. The molecule has 0 amide bonds. The van der Waals surface area contributed by atoms with Crippen molar-refractivity contribution >= 4 is 28.6 Å². The number of benzene rings is 1. The predicted octanol–water partition coefficient (Wildman–Crippen LogP) is 1.50. The molecule has 3 aliphatic rings. The molecule has 9 nitrogen and oxygen atoms in total. The van der Waals surface area contributed by atoms with Gasteiger partial charge in [0.1, 0.15) is 11.5 Å². The van der Waals surface area contributed by atoms with Gasteiger partial charge in [0.05, 0.1) is 30.8 Å². The zero-order valence-corrected chi connectivity index (χ0v) is 16.6. The van der Waals surface area contributed by atoms with Gasteiger partial charge in [-0.1, -0.05) is 6.42 Å². The molecule has 0 atom stereocenters. The highest BCUT2D eigenvalue weighted by Gasteiger charge is 2.42. The van der Waals surface area contributed by atoms with E-state index in [1.165, 1.54) is 6.42 Å². The van der Waals surface area contributed by atoms with Crippen molar-refractivity contribution in [1.29, 1.82) is 0 Å². The average molecular weight is 396 g/mol. The summed E-state index contributed by atoms with van der Waals surface area (Å²) in [6, 6.07) is 6.19. The molecular weight excluding hydrogens is 368 g/mol. The molecule has 1 aromatic heterocycles. The van der Waals surface area contributed by atoms with E-state index >= 15 is 0 Å². The van der Waals surface area contributed by atoms with Crippen molar-refractivity contribution in [3.63, 3.8) is 0 Å². The van der Waals surface area contributed by atoms with E-state index in [-0.39, 0.29) is 5.96 Å². The monoisotopic (exact) mass is 396 g/mol. The molecule has 29 heavy (non-hydrogen) atoms. The highest BCUT2D eigenvalue weighted by atomic mass is 16.5. The van der Waals surface area contributed by atoms with Gasteiger partial charge in [-0.2, -0.15) is 4.99 Å². The Hall–Kier alpha value is -2.65. The SMILES string of the molecule is NC1=NC2(CCCCC2)N(c2ccc3nc(CN4CCOCC4)[nH]c3c2)C(N)=N1. The number of nitrogens with two attached hydrogens (primary N) is 2. The van der Waals surface area contributed by atoms with Gasteiger partial charge in [0, 0.05) is 18.8 Å². The lowest BCUT2D eigenvalue weighted by atomic mass is 9.87. The summed E-state index contributed by atoms with van der Waals surface area (Å²) in [5.41, 5.74) is 14.8. The first kappa shape index (κ1) is 18.4. The second-order valence-corrected chi connectivity index (χ2v) is 8.09. The second kappa shape index (κ2) is 7.31. The van der Waals surface area contributed by atoms with E-state index in [9.17, 15) is 0 Å². The summed E-state index contributed by atoms with van der Waals surface area (Å²) in [7, 11) is 0. The normalized spacial score (nSPS) is 22.7. The maximum absolute atomic E-state index is 6.35. The molecule has 154 valence electrons. The van der Waals surface area contributed by atoms with Crippen LogP contribution in [0.25, 0.3) is 11.0 Å². The molecule has 1 aromatic carbocycles. The number of nitrogens with zero attached hydrogens (tertiary/aromatic N) is 5. The van der Waals surface area contributed by atoms with Crippen molar-refractivity contribution < 1.29 is 4.74 Å². The zero-order chi connectivity index (χ0) is 19.8. The fraction of sp³-hybridized carbons (Fsp3) is 0.550. The molecule has 3 heterocycles. The van der Waals surface area contributed by atoms with Crippen LogP contribution in [0.2, 0.25) is 0 Å². The Morgan fingerprint density at radius 2 is 1.90 bits per heavy atom. The fourth-order valence-corrected chi connectivity index (χ4v) is 4.73. The highest BCUT2D eigenvalue weighted by molar-refractivity contribution is 6.06. The van der Waals surface area contributed by atoms with E-state index < -0.39 is 5.66 Å². The molecular formula is C20H28N8O. The lowest BCUT2D eigenvalue weighted by Gasteiger charge is -2.45. The van der Waals surface area contributed by atoms with Gasteiger partial charge >= 0.3 is 0 Å². The molecule has 2 fully saturated rings. The van der Waals surface area contributed by atoms with E-state index in [0.29, 0.717) is 5.96 Å². The van der Waals surface area contributed by atoms with Gasteiger partial charge in [0.25, 0.3) is 0 Å². The van der Waals surface area contributed by atoms with Crippen molar-refractivity contribution in [3.05, 3.63) is 24.0 Å². The Morgan fingerprint density at radius 3 is 2.69 bits per heavy atom. The van der Waals surface area contributed by atoms with E-state index in [4.69, 9.17) is 26.2 Å². The van der Waals surface area contributed by atoms with Gasteiger partial charge in [-0.25, -0.2) is 9.98 Å². The summed E-state index contributed by atoms with van der Waals surface area (Å²) < 4.78 is 5.43. The molecule has 0 unspecified atom stereocenters. The van der Waals surface area contributed by atoms with E-state index in [1.54, 1.807) is 0 Å². The Balaban J connectivity index is 1.46. The summed E-state index contributed by atoms with van der Waals surface area (Å²) >= 11 is 0. The lowest BCUT2D eigenvalue weighted by molar-refractivity contribution is 0.0332.